The van der Waals surface area contributed by atoms with Crippen LogP contribution in [0, 0.1) is 0 Å². The fourth-order valence-corrected chi connectivity index (χ4v) is 1.97. The summed E-state index contributed by atoms with van der Waals surface area (Å²) in [7, 11) is 0. The van der Waals surface area contributed by atoms with Crippen LogP contribution in [0.2, 0.25) is 0 Å². The van der Waals surface area contributed by atoms with Crippen LogP contribution in [0.15, 0.2) is 47.6 Å². The van der Waals surface area contributed by atoms with Gasteiger partial charge in [0.2, 0.25) is 6.79 Å². The molecular formula is C16H15N3O4. The number of fused-ring (bicyclic) bond motifs is 1. The third kappa shape index (κ3) is 3.91. The van der Waals surface area contributed by atoms with Crippen LogP contribution in [-0.2, 0) is 4.79 Å². The van der Waals surface area contributed by atoms with Crippen LogP contribution >= 0.6 is 0 Å². The second-order valence-electron chi connectivity index (χ2n) is 4.81. The number of anilines is 1. The number of benzene rings is 2. The van der Waals surface area contributed by atoms with Crippen molar-refractivity contribution in [2.75, 3.05) is 18.7 Å². The molecule has 0 saturated carbocycles. The number of hydrogen-bond acceptors (Lipinski definition) is 6. The first-order chi connectivity index (χ1) is 11.2. The highest BCUT2D eigenvalue weighted by molar-refractivity contribution is 5.84. The van der Waals surface area contributed by atoms with E-state index in [-0.39, 0.29) is 25.0 Å². The number of rotatable bonds is 5. The van der Waals surface area contributed by atoms with Gasteiger partial charge in [0.1, 0.15) is 5.75 Å². The first kappa shape index (κ1) is 14.7. The lowest BCUT2D eigenvalue weighted by molar-refractivity contribution is -0.119. The van der Waals surface area contributed by atoms with E-state index in [0.717, 1.165) is 11.3 Å². The third-order valence-electron chi connectivity index (χ3n) is 3.12. The summed E-state index contributed by atoms with van der Waals surface area (Å²) in [5.41, 5.74) is 3.94. The van der Waals surface area contributed by atoms with E-state index in [2.05, 4.69) is 15.8 Å². The highest BCUT2D eigenvalue weighted by atomic mass is 16.7. The Hall–Kier alpha value is -3.22. The van der Waals surface area contributed by atoms with Gasteiger partial charge >= 0.3 is 0 Å². The molecule has 0 fully saturated rings. The number of carbonyl (C=O) groups is 1. The zero-order valence-corrected chi connectivity index (χ0v) is 12.2. The van der Waals surface area contributed by atoms with Crippen molar-refractivity contribution in [2.24, 2.45) is 5.10 Å². The Labute approximate surface area is 132 Å². The molecule has 7 nitrogen and oxygen atoms in total. The molecule has 0 saturated heterocycles. The minimum absolute atomic E-state index is 0.0760. The van der Waals surface area contributed by atoms with Crippen LogP contribution in [0.1, 0.15) is 5.56 Å². The minimum Gasteiger partial charge on any atom is -0.508 e. The van der Waals surface area contributed by atoms with E-state index in [1.54, 1.807) is 42.5 Å². The molecule has 7 heteroatoms. The van der Waals surface area contributed by atoms with Crippen LogP contribution in [0.4, 0.5) is 5.69 Å². The van der Waals surface area contributed by atoms with Gasteiger partial charge in [0, 0.05) is 11.8 Å². The first-order valence-corrected chi connectivity index (χ1v) is 6.95. The standard InChI is InChI=1S/C16H15N3O4/c20-13-4-1-11(2-5-13)8-18-19-16(21)9-17-12-3-6-14-15(7-12)23-10-22-14/h1-8,17,20H,9-10H2,(H,19,21)/b18-8-. The Morgan fingerprint density at radius 3 is 2.78 bits per heavy atom. The van der Waals surface area contributed by atoms with Crippen molar-refractivity contribution in [3.63, 3.8) is 0 Å². The van der Waals surface area contributed by atoms with E-state index in [4.69, 9.17) is 14.6 Å². The molecule has 118 valence electrons. The largest absolute Gasteiger partial charge is 0.508 e. The molecule has 0 atom stereocenters. The third-order valence-corrected chi connectivity index (χ3v) is 3.12. The fourth-order valence-electron chi connectivity index (χ4n) is 1.97. The monoisotopic (exact) mass is 313 g/mol. The number of carbonyl (C=O) groups excluding carboxylic acids is 1. The number of phenolic OH excluding ortho intramolecular Hbond substituents is 1. The molecular weight excluding hydrogens is 298 g/mol. The van der Waals surface area contributed by atoms with Gasteiger partial charge in [0.25, 0.3) is 5.91 Å². The van der Waals surface area contributed by atoms with Crippen molar-refractivity contribution in [1.29, 1.82) is 0 Å². The number of aromatic hydroxyl groups is 1. The second kappa shape index (κ2) is 6.69. The quantitative estimate of drug-likeness (QED) is 0.577. The highest BCUT2D eigenvalue weighted by Gasteiger charge is 2.13. The summed E-state index contributed by atoms with van der Waals surface area (Å²) in [4.78, 5) is 11.7. The number of phenols is 1. The Morgan fingerprint density at radius 1 is 1.17 bits per heavy atom. The summed E-state index contributed by atoms with van der Waals surface area (Å²) >= 11 is 0. The molecule has 0 spiro atoms. The normalized spacial score (nSPS) is 12.3. The van der Waals surface area contributed by atoms with Crippen LogP contribution in [0.3, 0.4) is 0 Å². The van der Waals surface area contributed by atoms with Gasteiger partial charge in [-0.05, 0) is 42.0 Å². The minimum atomic E-state index is -0.280. The summed E-state index contributed by atoms with van der Waals surface area (Å²) in [6.07, 6.45) is 1.50. The maximum absolute atomic E-state index is 11.7. The Kier molecular flexibility index (Phi) is 4.28. The molecule has 2 aromatic carbocycles. The number of hydrazone groups is 1. The second-order valence-corrected chi connectivity index (χ2v) is 4.81. The predicted molar refractivity (Wildman–Crippen MR) is 84.9 cm³/mol. The Morgan fingerprint density at radius 2 is 1.96 bits per heavy atom. The Balaban J connectivity index is 1.47. The fraction of sp³-hybridized carbons (Fsp3) is 0.125. The van der Waals surface area contributed by atoms with E-state index in [9.17, 15) is 4.79 Å². The first-order valence-electron chi connectivity index (χ1n) is 6.95. The van der Waals surface area contributed by atoms with Crippen LogP contribution in [-0.4, -0.2) is 30.6 Å². The number of nitrogens with zero attached hydrogens (tertiary/aromatic N) is 1. The summed E-state index contributed by atoms with van der Waals surface area (Å²) in [5.74, 6) is 1.25. The molecule has 23 heavy (non-hydrogen) atoms. The Bertz CT molecular complexity index is 729. The highest BCUT2D eigenvalue weighted by Crippen LogP contribution is 2.34. The van der Waals surface area contributed by atoms with Gasteiger partial charge in [-0.3, -0.25) is 4.79 Å². The molecule has 0 bridgehead atoms. The van der Waals surface area contributed by atoms with Crippen molar-refractivity contribution in [1.82, 2.24) is 5.43 Å². The number of hydrogen-bond donors (Lipinski definition) is 3. The maximum Gasteiger partial charge on any atom is 0.259 e. The van der Waals surface area contributed by atoms with Crippen LogP contribution in [0.5, 0.6) is 17.2 Å². The van der Waals surface area contributed by atoms with Crippen LogP contribution in [0.25, 0.3) is 0 Å². The van der Waals surface area contributed by atoms with Gasteiger partial charge in [-0.25, -0.2) is 5.43 Å². The van der Waals surface area contributed by atoms with E-state index in [1.165, 1.54) is 6.21 Å². The van der Waals surface area contributed by atoms with Gasteiger partial charge in [0.15, 0.2) is 11.5 Å². The molecule has 3 rings (SSSR count). The lowest BCUT2D eigenvalue weighted by Crippen LogP contribution is -2.25. The molecule has 3 N–H and O–H groups in total. The molecule has 0 aliphatic carbocycles. The molecule has 2 aromatic rings. The number of ether oxygens (including phenoxy) is 2. The van der Waals surface area contributed by atoms with E-state index in [1.807, 2.05) is 0 Å². The van der Waals surface area contributed by atoms with Crippen LogP contribution < -0.4 is 20.2 Å². The molecule has 0 aromatic heterocycles. The van der Waals surface area contributed by atoms with Crippen molar-refractivity contribution >= 4 is 17.8 Å². The number of amides is 1. The maximum atomic E-state index is 11.7. The van der Waals surface area contributed by atoms with E-state index >= 15 is 0 Å². The predicted octanol–water partition coefficient (Wildman–Crippen LogP) is 1.68. The molecule has 1 amide bonds. The summed E-state index contributed by atoms with van der Waals surface area (Å²) < 4.78 is 10.5. The van der Waals surface area contributed by atoms with Crippen molar-refractivity contribution in [2.45, 2.75) is 0 Å². The van der Waals surface area contributed by atoms with Crippen molar-refractivity contribution in [3.8, 4) is 17.2 Å². The summed E-state index contributed by atoms with van der Waals surface area (Å²) in [5, 5.41) is 16.0. The van der Waals surface area contributed by atoms with Crippen molar-refractivity contribution in [3.05, 3.63) is 48.0 Å². The zero-order valence-electron chi connectivity index (χ0n) is 12.2. The number of nitrogens with one attached hydrogen (secondary N) is 2. The molecule has 0 unspecified atom stereocenters. The zero-order chi connectivity index (χ0) is 16.1. The topological polar surface area (TPSA) is 92.2 Å². The van der Waals surface area contributed by atoms with Gasteiger partial charge in [-0.15, -0.1) is 0 Å². The van der Waals surface area contributed by atoms with Gasteiger partial charge in [-0.2, -0.15) is 5.10 Å². The van der Waals surface area contributed by atoms with Gasteiger partial charge < -0.3 is 19.9 Å². The summed E-state index contributed by atoms with van der Waals surface area (Å²) in [6.45, 7) is 0.289. The lowest BCUT2D eigenvalue weighted by atomic mass is 10.2. The smallest absolute Gasteiger partial charge is 0.259 e. The van der Waals surface area contributed by atoms with Gasteiger partial charge in [-0.1, -0.05) is 0 Å². The molecule has 1 aliphatic heterocycles. The van der Waals surface area contributed by atoms with E-state index in [0.29, 0.717) is 11.5 Å². The SMILES string of the molecule is O=C(CNc1ccc2c(c1)OCO2)N/N=C\c1ccc(O)cc1. The summed E-state index contributed by atoms with van der Waals surface area (Å²) in [6, 6.07) is 11.8. The molecule has 1 heterocycles. The average molecular weight is 313 g/mol. The van der Waals surface area contributed by atoms with Crippen molar-refractivity contribution < 1.29 is 19.4 Å². The molecule has 1 aliphatic rings. The molecule has 0 radical (unpaired) electrons. The average Bonchev–Trinajstić information content (AvgIpc) is 3.02. The lowest BCUT2D eigenvalue weighted by Gasteiger charge is -2.06. The van der Waals surface area contributed by atoms with Gasteiger partial charge in [0.05, 0.1) is 12.8 Å². The van der Waals surface area contributed by atoms with E-state index < -0.39 is 0 Å².